The quantitative estimate of drug-likeness (QED) is 0.882. The zero-order valence-electron chi connectivity index (χ0n) is 12.0. The van der Waals surface area contributed by atoms with Crippen molar-refractivity contribution in [3.8, 4) is 0 Å². The molecule has 1 aromatic carbocycles. The molecule has 0 bridgehead atoms. The lowest BCUT2D eigenvalue weighted by atomic mass is 10.1. The summed E-state index contributed by atoms with van der Waals surface area (Å²) in [6, 6.07) is 11.0. The molecular formula is C16H22N4. The number of rotatable bonds is 3. The van der Waals surface area contributed by atoms with Crippen molar-refractivity contribution in [2.45, 2.75) is 19.5 Å². The molecule has 1 aliphatic heterocycles. The number of piperazine rings is 1. The molecule has 3 rings (SSSR count). The Hall–Kier alpha value is -1.49. The molecule has 0 amide bonds. The second-order valence-electron chi connectivity index (χ2n) is 5.50. The van der Waals surface area contributed by atoms with E-state index in [0.29, 0.717) is 12.6 Å². The summed E-state index contributed by atoms with van der Waals surface area (Å²) in [6.45, 7) is 6.80. The van der Waals surface area contributed by atoms with Gasteiger partial charge in [0.05, 0.1) is 5.52 Å². The fourth-order valence-electron chi connectivity index (χ4n) is 2.99. The first-order valence-electron chi connectivity index (χ1n) is 7.28. The van der Waals surface area contributed by atoms with Crippen LogP contribution in [-0.2, 0) is 6.54 Å². The smallest absolute Gasteiger partial charge is 0.0708 e. The van der Waals surface area contributed by atoms with Gasteiger partial charge >= 0.3 is 0 Å². The van der Waals surface area contributed by atoms with E-state index in [1.807, 2.05) is 6.07 Å². The highest BCUT2D eigenvalue weighted by Crippen LogP contribution is 2.20. The van der Waals surface area contributed by atoms with Crippen molar-refractivity contribution in [2.75, 3.05) is 26.2 Å². The highest BCUT2D eigenvalue weighted by molar-refractivity contribution is 5.82. The summed E-state index contributed by atoms with van der Waals surface area (Å²) in [5.41, 5.74) is 9.42. The van der Waals surface area contributed by atoms with Crippen LogP contribution in [0.4, 0.5) is 0 Å². The van der Waals surface area contributed by atoms with Gasteiger partial charge < -0.3 is 11.1 Å². The predicted molar refractivity (Wildman–Crippen MR) is 82.6 cm³/mol. The van der Waals surface area contributed by atoms with Gasteiger partial charge in [0.1, 0.15) is 0 Å². The minimum Gasteiger partial charge on any atom is -0.329 e. The number of para-hydroxylation sites is 1. The van der Waals surface area contributed by atoms with Crippen molar-refractivity contribution in [3.63, 3.8) is 0 Å². The van der Waals surface area contributed by atoms with Gasteiger partial charge in [-0.2, -0.15) is 0 Å². The first-order valence-corrected chi connectivity index (χ1v) is 7.28. The number of pyridine rings is 1. The second-order valence-corrected chi connectivity index (χ2v) is 5.50. The maximum Gasteiger partial charge on any atom is 0.0708 e. The first kappa shape index (κ1) is 13.5. The number of fused-ring (bicyclic) bond motifs is 1. The molecule has 3 N–H and O–H groups in total. The third-order valence-electron chi connectivity index (χ3n) is 4.05. The molecule has 0 radical (unpaired) electrons. The average molecular weight is 270 g/mol. The number of hydrogen-bond acceptors (Lipinski definition) is 4. The van der Waals surface area contributed by atoms with E-state index in [2.05, 4.69) is 46.4 Å². The van der Waals surface area contributed by atoms with Gasteiger partial charge in [-0.25, -0.2) is 0 Å². The van der Waals surface area contributed by atoms with Gasteiger partial charge in [0, 0.05) is 49.8 Å². The average Bonchev–Trinajstić information content (AvgIpc) is 2.47. The van der Waals surface area contributed by atoms with Crippen molar-refractivity contribution in [1.82, 2.24) is 15.2 Å². The van der Waals surface area contributed by atoms with Crippen molar-refractivity contribution in [1.29, 1.82) is 0 Å². The summed E-state index contributed by atoms with van der Waals surface area (Å²) in [7, 11) is 0. The molecule has 1 aliphatic rings. The van der Waals surface area contributed by atoms with Crippen LogP contribution < -0.4 is 11.1 Å². The van der Waals surface area contributed by atoms with Crippen molar-refractivity contribution in [3.05, 3.63) is 41.6 Å². The summed E-state index contributed by atoms with van der Waals surface area (Å²) >= 11 is 0. The molecule has 0 saturated carbocycles. The number of hydrogen-bond donors (Lipinski definition) is 2. The van der Waals surface area contributed by atoms with Crippen LogP contribution in [0.1, 0.15) is 11.3 Å². The van der Waals surface area contributed by atoms with Crippen LogP contribution in [0.15, 0.2) is 30.3 Å². The number of nitrogens with one attached hydrogen (secondary N) is 1. The van der Waals surface area contributed by atoms with Crippen LogP contribution in [0.5, 0.6) is 0 Å². The van der Waals surface area contributed by atoms with Crippen molar-refractivity contribution < 1.29 is 0 Å². The molecule has 106 valence electrons. The number of aromatic nitrogens is 1. The molecular weight excluding hydrogens is 248 g/mol. The third-order valence-corrected chi connectivity index (χ3v) is 4.05. The Balaban J connectivity index is 1.93. The SMILES string of the molecule is Cc1cc(CN2CCNCC2CN)c2ccccc2n1. The Labute approximate surface area is 120 Å². The van der Waals surface area contributed by atoms with E-state index >= 15 is 0 Å². The number of nitrogens with zero attached hydrogens (tertiary/aromatic N) is 2. The maximum atomic E-state index is 5.90. The van der Waals surface area contributed by atoms with Gasteiger partial charge in [0.15, 0.2) is 0 Å². The van der Waals surface area contributed by atoms with Crippen LogP contribution in [-0.4, -0.2) is 42.1 Å². The second kappa shape index (κ2) is 5.87. The molecule has 0 spiro atoms. The Morgan fingerprint density at radius 3 is 3.10 bits per heavy atom. The largest absolute Gasteiger partial charge is 0.329 e. The van der Waals surface area contributed by atoms with Crippen LogP contribution in [0.3, 0.4) is 0 Å². The molecule has 1 fully saturated rings. The van der Waals surface area contributed by atoms with E-state index in [1.54, 1.807) is 0 Å². The fraction of sp³-hybridized carbons (Fsp3) is 0.438. The summed E-state index contributed by atoms with van der Waals surface area (Å²) in [4.78, 5) is 7.10. The summed E-state index contributed by atoms with van der Waals surface area (Å²) in [6.07, 6.45) is 0. The van der Waals surface area contributed by atoms with E-state index in [4.69, 9.17) is 5.73 Å². The Morgan fingerprint density at radius 1 is 1.40 bits per heavy atom. The standard InChI is InChI=1S/C16H22N4/c1-12-8-13(15-4-2-3-5-16(15)19-12)11-20-7-6-18-10-14(20)9-17/h2-5,8,14,18H,6-7,9-11,17H2,1H3. The highest BCUT2D eigenvalue weighted by Gasteiger charge is 2.21. The van der Waals surface area contributed by atoms with Crippen LogP contribution in [0, 0.1) is 6.92 Å². The van der Waals surface area contributed by atoms with E-state index in [9.17, 15) is 0 Å². The Kier molecular flexibility index (Phi) is 3.96. The zero-order valence-corrected chi connectivity index (χ0v) is 12.0. The lowest BCUT2D eigenvalue weighted by molar-refractivity contribution is 0.158. The molecule has 1 unspecified atom stereocenters. The van der Waals surface area contributed by atoms with Gasteiger partial charge in [0.25, 0.3) is 0 Å². The van der Waals surface area contributed by atoms with Gasteiger partial charge in [0.2, 0.25) is 0 Å². The molecule has 0 aliphatic carbocycles. The summed E-state index contributed by atoms with van der Waals surface area (Å²) in [5, 5.41) is 4.67. The highest BCUT2D eigenvalue weighted by atomic mass is 15.2. The lowest BCUT2D eigenvalue weighted by Gasteiger charge is -2.35. The van der Waals surface area contributed by atoms with Gasteiger partial charge in [-0.15, -0.1) is 0 Å². The Bertz CT molecular complexity index is 596. The third kappa shape index (κ3) is 2.68. The van der Waals surface area contributed by atoms with Crippen LogP contribution >= 0.6 is 0 Å². The van der Waals surface area contributed by atoms with Crippen LogP contribution in [0.2, 0.25) is 0 Å². The molecule has 20 heavy (non-hydrogen) atoms. The molecule has 2 heterocycles. The monoisotopic (exact) mass is 270 g/mol. The number of benzene rings is 1. The van der Waals surface area contributed by atoms with E-state index in [0.717, 1.165) is 37.4 Å². The summed E-state index contributed by atoms with van der Waals surface area (Å²) in [5.74, 6) is 0. The molecule has 4 heteroatoms. The molecule has 1 atom stereocenters. The van der Waals surface area contributed by atoms with Crippen LogP contribution in [0.25, 0.3) is 10.9 Å². The molecule has 1 saturated heterocycles. The maximum absolute atomic E-state index is 5.90. The predicted octanol–water partition coefficient (Wildman–Crippen LogP) is 1.28. The molecule has 2 aromatic rings. The summed E-state index contributed by atoms with van der Waals surface area (Å²) < 4.78 is 0. The van der Waals surface area contributed by atoms with E-state index in [-0.39, 0.29) is 0 Å². The number of aryl methyl sites for hydroxylation is 1. The normalized spacial score (nSPS) is 20.4. The van der Waals surface area contributed by atoms with E-state index < -0.39 is 0 Å². The first-order chi connectivity index (χ1) is 9.78. The Morgan fingerprint density at radius 2 is 2.25 bits per heavy atom. The topological polar surface area (TPSA) is 54.2 Å². The van der Waals surface area contributed by atoms with Gasteiger partial charge in [-0.3, -0.25) is 9.88 Å². The van der Waals surface area contributed by atoms with Gasteiger partial charge in [-0.1, -0.05) is 18.2 Å². The minimum atomic E-state index is 0.427. The van der Waals surface area contributed by atoms with Crippen molar-refractivity contribution in [2.24, 2.45) is 5.73 Å². The fourth-order valence-corrected chi connectivity index (χ4v) is 2.99. The zero-order chi connectivity index (χ0) is 13.9. The van der Waals surface area contributed by atoms with Gasteiger partial charge in [-0.05, 0) is 24.6 Å². The molecule has 1 aromatic heterocycles. The lowest BCUT2D eigenvalue weighted by Crippen LogP contribution is -2.53. The van der Waals surface area contributed by atoms with E-state index in [1.165, 1.54) is 10.9 Å². The minimum absolute atomic E-state index is 0.427. The molecule has 4 nitrogen and oxygen atoms in total. The number of nitrogens with two attached hydrogens (primary N) is 1. The van der Waals surface area contributed by atoms with Crippen molar-refractivity contribution >= 4 is 10.9 Å².